The Bertz CT molecular complexity index is 288. The van der Waals surface area contributed by atoms with E-state index >= 15 is 0 Å². The molecular weight excluding hydrogens is 220 g/mol. The molecule has 1 fully saturated rings. The van der Waals surface area contributed by atoms with Crippen molar-refractivity contribution in [3.05, 3.63) is 0 Å². The topological polar surface area (TPSA) is 91.7 Å². The summed E-state index contributed by atoms with van der Waals surface area (Å²) in [7, 11) is 0. The van der Waals surface area contributed by atoms with Crippen molar-refractivity contribution >= 4 is 29.5 Å². The van der Waals surface area contributed by atoms with Crippen LogP contribution in [0.5, 0.6) is 0 Å². The molecule has 5 nitrogen and oxygen atoms in total. The van der Waals surface area contributed by atoms with Crippen molar-refractivity contribution in [1.82, 2.24) is 0 Å². The van der Waals surface area contributed by atoms with Gasteiger partial charge in [-0.05, 0) is 12.8 Å². The lowest BCUT2D eigenvalue weighted by Crippen LogP contribution is -2.35. The van der Waals surface area contributed by atoms with Crippen molar-refractivity contribution in [1.29, 1.82) is 0 Å². The molecule has 1 aliphatic carbocycles. The average molecular weight is 232 g/mol. The van der Waals surface area contributed by atoms with Crippen molar-refractivity contribution in [2.75, 3.05) is 5.75 Å². The van der Waals surface area contributed by atoms with Crippen molar-refractivity contribution in [2.45, 2.75) is 24.5 Å². The van der Waals surface area contributed by atoms with E-state index in [0.29, 0.717) is 19.3 Å². The van der Waals surface area contributed by atoms with Gasteiger partial charge >= 0.3 is 11.9 Å². The molecule has 0 saturated heterocycles. The fourth-order valence-corrected chi connectivity index (χ4v) is 2.60. The molecule has 0 aromatic rings. The number of aliphatic carboxylic acids is 2. The molecule has 2 N–H and O–H groups in total. The second-order valence-corrected chi connectivity index (χ2v) is 4.61. The molecule has 0 aromatic carbocycles. The Morgan fingerprint density at radius 1 is 1.33 bits per heavy atom. The number of ketones is 1. The van der Waals surface area contributed by atoms with Crippen LogP contribution in [0, 0.1) is 5.92 Å². The summed E-state index contributed by atoms with van der Waals surface area (Å²) in [6.45, 7) is 0. The lowest BCUT2D eigenvalue weighted by Gasteiger charge is -2.24. The number of carbonyl (C=O) groups is 3. The van der Waals surface area contributed by atoms with E-state index in [-0.39, 0.29) is 11.5 Å². The summed E-state index contributed by atoms with van der Waals surface area (Å²) < 4.78 is 0. The molecule has 2 unspecified atom stereocenters. The highest BCUT2D eigenvalue weighted by atomic mass is 32.2. The minimum Gasteiger partial charge on any atom is -0.481 e. The normalized spacial score (nSPS) is 26.3. The predicted octanol–water partition coefficient (Wildman–Crippen LogP) is 0.627. The molecule has 1 rings (SSSR count). The fourth-order valence-electron chi connectivity index (χ4n) is 1.60. The summed E-state index contributed by atoms with van der Waals surface area (Å²) in [6.07, 6.45) is 1.62. The molecule has 0 amide bonds. The van der Waals surface area contributed by atoms with Gasteiger partial charge in [-0.3, -0.25) is 14.4 Å². The zero-order chi connectivity index (χ0) is 11.4. The van der Waals surface area contributed by atoms with Crippen molar-refractivity contribution < 1.29 is 24.6 Å². The van der Waals surface area contributed by atoms with Gasteiger partial charge in [-0.2, -0.15) is 0 Å². The highest BCUT2D eigenvalue weighted by Gasteiger charge is 2.36. The maximum absolute atomic E-state index is 11.6. The van der Waals surface area contributed by atoms with Crippen LogP contribution >= 0.6 is 11.8 Å². The van der Waals surface area contributed by atoms with Crippen LogP contribution in [0.2, 0.25) is 0 Å². The van der Waals surface area contributed by atoms with Gasteiger partial charge in [0, 0.05) is 0 Å². The van der Waals surface area contributed by atoms with Gasteiger partial charge in [-0.1, -0.05) is 6.42 Å². The first-order chi connectivity index (χ1) is 7.02. The van der Waals surface area contributed by atoms with Crippen LogP contribution in [0.15, 0.2) is 0 Å². The number of thioether (sulfide) groups is 1. The van der Waals surface area contributed by atoms with E-state index in [1.54, 1.807) is 0 Å². The maximum atomic E-state index is 11.6. The molecule has 15 heavy (non-hydrogen) atoms. The molecule has 6 heteroatoms. The zero-order valence-corrected chi connectivity index (χ0v) is 8.83. The van der Waals surface area contributed by atoms with E-state index in [9.17, 15) is 14.4 Å². The lowest BCUT2D eigenvalue weighted by atomic mass is 9.88. The van der Waals surface area contributed by atoms with Crippen LogP contribution in [0.3, 0.4) is 0 Å². The molecular formula is C9H12O5S. The van der Waals surface area contributed by atoms with Crippen LogP contribution in [0.25, 0.3) is 0 Å². The molecule has 1 aliphatic rings. The molecule has 0 spiro atoms. The molecule has 0 heterocycles. The third-order valence-electron chi connectivity index (χ3n) is 2.33. The first-order valence-electron chi connectivity index (χ1n) is 4.62. The monoisotopic (exact) mass is 232 g/mol. The van der Waals surface area contributed by atoms with Crippen molar-refractivity contribution in [3.63, 3.8) is 0 Å². The van der Waals surface area contributed by atoms with E-state index < -0.39 is 23.1 Å². The Hall–Kier alpha value is -1.04. The third kappa shape index (κ3) is 3.23. The molecule has 2 atom stereocenters. The highest BCUT2D eigenvalue weighted by Crippen LogP contribution is 2.29. The molecule has 0 aromatic heterocycles. The van der Waals surface area contributed by atoms with Gasteiger partial charge in [0.15, 0.2) is 5.78 Å². The van der Waals surface area contributed by atoms with Gasteiger partial charge in [-0.15, -0.1) is 11.8 Å². The Kier molecular flexibility index (Phi) is 4.14. The summed E-state index contributed by atoms with van der Waals surface area (Å²) in [5.41, 5.74) is 0. The van der Waals surface area contributed by atoms with Crippen LogP contribution < -0.4 is 0 Å². The third-order valence-corrected chi connectivity index (χ3v) is 3.61. The maximum Gasteiger partial charge on any atom is 0.314 e. The number of Topliss-reactive ketones (excluding diaryl/α,β-unsaturated/α-hetero) is 1. The van der Waals surface area contributed by atoms with E-state index in [4.69, 9.17) is 10.2 Å². The van der Waals surface area contributed by atoms with Gasteiger partial charge < -0.3 is 10.2 Å². The first kappa shape index (κ1) is 12.0. The SMILES string of the molecule is O=C(O)CSC1CCCC(C(=O)O)C1=O. The number of carboxylic acids is 2. The Morgan fingerprint density at radius 2 is 2.00 bits per heavy atom. The molecule has 0 aliphatic heterocycles. The first-order valence-corrected chi connectivity index (χ1v) is 5.67. The zero-order valence-electron chi connectivity index (χ0n) is 8.01. The summed E-state index contributed by atoms with van der Waals surface area (Å²) in [6, 6.07) is 0. The Morgan fingerprint density at radius 3 is 2.53 bits per heavy atom. The number of carboxylic acid groups (broad SMARTS) is 2. The number of rotatable bonds is 4. The van der Waals surface area contributed by atoms with Crippen LogP contribution in [0.1, 0.15) is 19.3 Å². The van der Waals surface area contributed by atoms with Crippen LogP contribution in [-0.2, 0) is 14.4 Å². The van der Waals surface area contributed by atoms with Gasteiger partial charge in [0.25, 0.3) is 0 Å². The standard InChI is InChI=1S/C9H12O5S/c10-7(11)4-15-6-3-1-2-5(8(6)12)9(13)14/h5-6H,1-4H2,(H,10,11)(H,13,14). The van der Waals surface area contributed by atoms with E-state index in [1.165, 1.54) is 0 Å². The summed E-state index contributed by atoms with van der Waals surface area (Å²) in [4.78, 5) is 32.6. The fraction of sp³-hybridized carbons (Fsp3) is 0.667. The van der Waals surface area contributed by atoms with Gasteiger partial charge in [0.05, 0.1) is 11.0 Å². The molecule has 0 bridgehead atoms. The van der Waals surface area contributed by atoms with E-state index in [1.807, 2.05) is 0 Å². The number of hydrogen-bond acceptors (Lipinski definition) is 4. The summed E-state index contributed by atoms with van der Waals surface area (Å²) >= 11 is 1.02. The van der Waals surface area contributed by atoms with E-state index in [0.717, 1.165) is 11.8 Å². The average Bonchev–Trinajstić information content (AvgIpc) is 2.15. The molecule has 0 radical (unpaired) electrons. The number of carbonyl (C=O) groups excluding carboxylic acids is 1. The minimum absolute atomic E-state index is 0.150. The largest absolute Gasteiger partial charge is 0.481 e. The van der Waals surface area contributed by atoms with E-state index in [2.05, 4.69) is 0 Å². The number of hydrogen-bond donors (Lipinski definition) is 2. The lowest BCUT2D eigenvalue weighted by molar-refractivity contribution is -0.147. The summed E-state index contributed by atoms with van der Waals surface area (Å²) in [5.74, 6) is -3.50. The van der Waals surface area contributed by atoms with Crippen LogP contribution in [-0.4, -0.2) is 38.9 Å². The minimum atomic E-state index is -1.10. The molecule has 1 saturated carbocycles. The predicted molar refractivity (Wildman–Crippen MR) is 53.9 cm³/mol. The van der Waals surface area contributed by atoms with Crippen molar-refractivity contribution in [3.8, 4) is 0 Å². The van der Waals surface area contributed by atoms with Crippen LogP contribution in [0.4, 0.5) is 0 Å². The second-order valence-electron chi connectivity index (χ2n) is 3.42. The highest BCUT2D eigenvalue weighted by molar-refractivity contribution is 8.01. The Balaban J connectivity index is 2.55. The Labute approximate surface area is 90.8 Å². The summed E-state index contributed by atoms with van der Waals surface area (Å²) in [5, 5.41) is 16.8. The van der Waals surface area contributed by atoms with Gasteiger partial charge in [0.1, 0.15) is 5.92 Å². The smallest absolute Gasteiger partial charge is 0.314 e. The van der Waals surface area contributed by atoms with Gasteiger partial charge in [0.2, 0.25) is 0 Å². The van der Waals surface area contributed by atoms with Crippen molar-refractivity contribution in [2.24, 2.45) is 5.92 Å². The second kappa shape index (κ2) is 5.16. The van der Waals surface area contributed by atoms with Gasteiger partial charge in [-0.25, -0.2) is 0 Å². The quantitative estimate of drug-likeness (QED) is 0.690. The molecule has 84 valence electrons.